The highest BCUT2D eigenvalue weighted by Crippen LogP contribution is 2.28. The van der Waals surface area contributed by atoms with Crippen molar-refractivity contribution >= 4 is 50.2 Å². The SMILES string of the molecule is CC(NS(=O)(=O)c1ccc(N)c(Cl)c1)c1ccc(Cl)s1. The van der Waals surface area contributed by atoms with E-state index in [0.29, 0.717) is 10.0 Å². The molecule has 8 heteroatoms. The fourth-order valence-electron chi connectivity index (χ4n) is 1.59. The molecule has 0 fully saturated rings. The minimum atomic E-state index is -3.66. The fourth-order valence-corrected chi connectivity index (χ4v) is 4.23. The van der Waals surface area contributed by atoms with Gasteiger partial charge in [0.25, 0.3) is 0 Å². The van der Waals surface area contributed by atoms with Crippen LogP contribution in [0.2, 0.25) is 9.36 Å². The van der Waals surface area contributed by atoms with Crippen LogP contribution < -0.4 is 10.5 Å². The van der Waals surface area contributed by atoms with Crippen LogP contribution in [-0.4, -0.2) is 8.42 Å². The molecule has 1 atom stereocenters. The van der Waals surface area contributed by atoms with Crippen LogP contribution in [0, 0.1) is 0 Å². The molecule has 4 nitrogen and oxygen atoms in total. The molecule has 1 unspecified atom stereocenters. The van der Waals surface area contributed by atoms with Crippen LogP contribution in [0.15, 0.2) is 35.2 Å². The molecule has 0 radical (unpaired) electrons. The molecule has 1 aromatic carbocycles. The maximum atomic E-state index is 12.2. The lowest BCUT2D eigenvalue weighted by Crippen LogP contribution is -2.26. The maximum Gasteiger partial charge on any atom is 0.241 e. The zero-order chi connectivity index (χ0) is 14.9. The van der Waals surface area contributed by atoms with Crippen LogP contribution in [0.25, 0.3) is 0 Å². The van der Waals surface area contributed by atoms with Gasteiger partial charge in [0.05, 0.1) is 26.0 Å². The molecule has 0 spiro atoms. The zero-order valence-corrected chi connectivity index (χ0v) is 13.6. The van der Waals surface area contributed by atoms with Crippen molar-refractivity contribution in [3.63, 3.8) is 0 Å². The highest BCUT2D eigenvalue weighted by atomic mass is 35.5. The Morgan fingerprint density at radius 3 is 2.50 bits per heavy atom. The molecular weight excluding hydrogens is 339 g/mol. The summed E-state index contributed by atoms with van der Waals surface area (Å²) in [6.07, 6.45) is 0. The number of halogens is 2. The second-order valence-electron chi connectivity index (χ2n) is 4.17. The largest absolute Gasteiger partial charge is 0.398 e. The zero-order valence-electron chi connectivity index (χ0n) is 10.4. The highest BCUT2D eigenvalue weighted by Gasteiger charge is 2.20. The van der Waals surface area contributed by atoms with E-state index in [4.69, 9.17) is 28.9 Å². The number of nitrogens with two attached hydrogens (primary N) is 1. The summed E-state index contributed by atoms with van der Waals surface area (Å²) < 4.78 is 27.7. The van der Waals surface area contributed by atoms with Crippen molar-refractivity contribution in [3.8, 4) is 0 Å². The predicted molar refractivity (Wildman–Crippen MR) is 83.9 cm³/mol. The number of rotatable bonds is 4. The number of thiophene rings is 1. The van der Waals surface area contributed by atoms with Gasteiger partial charge in [0, 0.05) is 4.88 Å². The minimum Gasteiger partial charge on any atom is -0.398 e. The van der Waals surface area contributed by atoms with E-state index in [-0.39, 0.29) is 16.0 Å². The predicted octanol–water partition coefficient (Wildman–Crippen LogP) is 3.68. The van der Waals surface area contributed by atoms with E-state index in [1.807, 2.05) is 0 Å². The van der Waals surface area contributed by atoms with E-state index in [9.17, 15) is 8.42 Å². The Kier molecular flexibility index (Phi) is 4.61. The first-order valence-corrected chi connectivity index (χ1v) is 8.68. The van der Waals surface area contributed by atoms with Crippen molar-refractivity contribution < 1.29 is 8.42 Å². The van der Waals surface area contributed by atoms with Gasteiger partial charge in [-0.2, -0.15) is 0 Å². The Balaban J connectivity index is 2.24. The molecule has 1 aromatic heterocycles. The number of hydrogen-bond donors (Lipinski definition) is 2. The Bertz CT molecular complexity index is 729. The lowest BCUT2D eigenvalue weighted by Gasteiger charge is -2.13. The summed E-state index contributed by atoms with van der Waals surface area (Å²) in [5, 5.41) is 0.208. The van der Waals surface area contributed by atoms with Gasteiger partial charge in [-0.1, -0.05) is 23.2 Å². The van der Waals surface area contributed by atoms with Crippen molar-refractivity contribution in [2.45, 2.75) is 17.9 Å². The molecule has 0 saturated heterocycles. The summed E-state index contributed by atoms with van der Waals surface area (Å²) >= 11 is 13.0. The first kappa shape index (κ1) is 15.6. The highest BCUT2D eigenvalue weighted by molar-refractivity contribution is 7.89. The minimum absolute atomic E-state index is 0.0752. The van der Waals surface area contributed by atoms with Crippen molar-refractivity contribution in [3.05, 3.63) is 44.6 Å². The number of sulfonamides is 1. The molecule has 3 N–H and O–H groups in total. The summed E-state index contributed by atoms with van der Waals surface area (Å²) in [6.45, 7) is 1.75. The maximum absolute atomic E-state index is 12.2. The smallest absolute Gasteiger partial charge is 0.241 e. The summed E-state index contributed by atoms with van der Waals surface area (Å²) in [7, 11) is -3.66. The van der Waals surface area contributed by atoms with Crippen molar-refractivity contribution in [2.75, 3.05) is 5.73 Å². The van der Waals surface area contributed by atoms with Gasteiger partial charge in [0.15, 0.2) is 0 Å². The van der Waals surface area contributed by atoms with Gasteiger partial charge in [-0.25, -0.2) is 13.1 Å². The number of nitrogen functional groups attached to an aromatic ring is 1. The third-order valence-electron chi connectivity index (χ3n) is 2.63. The summed E-state index contributed by atoms with van der Waals surface area (Å²) in [4.78, 5) is 0.909. The number of benzene rings is 1. The summed E-state index contributed by atoms with van der Waals surface area (Å²) in [5.41, 5.74) is 5.90. The monoisotopic (exact) mass is 350 g/mol. The van der Waals surface area contributed by atoms with Gasteiger partial charge in [-0.15, -0.1) is 11.3 Å². The normalized spacial score (nSPS) is 13.3. The summed E-state index contributed by atoms with van der Waals surface area (Å²) in [6, 6.07) is 7.34. The van der Waals surface area contributed by atoms with Gasteiger partial charge >= 0.3 is 0 Å². The molecule has 108 valence electrons. The van der Waals surface area contributed by atoms with Gasteiger partial charge in [0.2, 0.25) is 10.0 Å². The Morgan fingerprint density at radius 1 is 1.25 bits per heavy atom. The molecule has 0 aliphatic heterocycles. The van der Waals surface area contributed by atoms with E-state index in [2.05, 4.69) is 4.72 Å². The molecule has 0 saturated carbocycles. The lowest BCUT2D eigenvalue weighted by atomic mass is 10.3. The second-order valence-corrected chi connectivity index (χ2v) is 8.04. The van der Waals surface area contributed by atoms with Gasteiger partial charge in [0.1, 0.15) is 0 Å². The van der Waals surface area contributed by atoms with Crippen LogP contribution >= 0.6 is 34.5 Å². The van der Waals surface area contributed by atoms with E-state index >= 15 is 0 Å². The molecule has 2 rings (SSSR count). The summed E-state index contributed by atoms with van der Waals surface area (Å²) in [5.74, 6) is 0. The van der Waals surface area contributed by atoms with Crippen LogP contribution in [0.1, 0.15) is 17.8 Å². The van der Waals surface area contributed by atoms with Crippen molar-refractivity contribution in [1.29, 1.82) is 0 Å². The Morgan fingerprint density at radius 2 is 1.95 bits per heavy atom. The van der Waals surface area contributed by atoms with Crippen molar-refractivity contribution in [1.82, 2.24) is 4.72 Å². The van der Waals surface area contributed by atoms with Crippen molar-refractivity contribution in [2.24, 2.45) is 0 Å². The molecule has 0 amide bonds. The quantitative estimate of drug-likeness (QED) is 0.826. The topological polar surface area (TPSA) is 72.2 Å². The number of hydrogen-bond acceptors (Lipinski definition) is 4. The number of nitrogens with one attached hydrogen (secondary N) is 1. The first-order valence-electron chi connectivity index (χ1n) is 5.62. The van der Waals surface area contributed by atoms with Crippen LogP contribution in [0.5, 0.6) is 0 Å². The number of anilines is 1. The molecule has 2 aromatic rings. The first-order chi connectivity index (χ1) is 9.29. The third-order valence-corrected chi connectivity index (χ3v) is 5.91. The molecule has 1 heterocycles. The second kappa shape index (κ2) is 5.91. The Hall–Kier alpha value is -0.790. The van der Waals surface area contributed by atoms with E-state index in [1.54, 1.807) is 19.1 Å². The molecule has 0 bridgehead atoms. The lowest BCUT2D eigenvalue weighted by molar-refractivity contribution is 0.568. The average Bonchev–Trinajstić information content (AvgIpc) is 2.79. The third kappa shape index (κ3) is 3.45. The molecule has 20 heavy (non-hydrogen) atoms. The van der Waals surface area contributed by atoms with E-state index in [0.717, 1.165) is 4.88 Å². The molecule has 0 aliphatic rings. The fraction of sp³-hybridized carbons (Fsp3) is 0.167. The molecule has 0 aliphatic carbocycles. The van der Waals surface area contributed by atoms with Crippen LogP contribution in [0.3, 0.4) is 0 Å². The van der Waals surface area contributed by atoms with E-state index in [1.165, 1.54) is 29.5 Å². The van der Waals surface area contributed by atoms with Gasteiger partial charge in [-0.05, 0) is 37.3 Å². The Labute approximate surface area is 131 Å². The van der Waals surface area contributed by atoms with E-state index < -0.39 is 10.0 Å². The standard InChI is InChI=1S/C12H12Cl2N2O2S2/c1-7(11-4-5-12(14)19-11)16-20(17,18)8-2-3-10(15)9(13)6-8/h2-7,16H,15H2,1H3. The van der Waals surface area contributed by atoms with Crippen LogP contribution in [-0.2, 0) is 10.0 Å². The van der Waals surface area contributed by atoms with Gasteiger partial charge in [-0.3, -0.25) is 0 Å². The average molecular weight is 351 g/mol. The van der Waals surface area contributed by atoms with Gasteiger partial charge < -0.3 is 5.73 Å². The molecular formula is C12H12Cl2N2O2S2. The van der Waals surface area contributed by atoms with Crippen LogP contribution in [0.4, 0.5) is 5.69 Å².